The first-order chi connectivity index (χ1) is 12.8. The zero-order chi connectivity index (χ0) is 19.7. The normalized spacial score (nSPS) is 11.4. The molecule has 0 N–H and O–H groups in total. The van der Waals surface area contributed by atoms with Crippen LogP contribution in [-0.4, -0.2) is 27.9 Å². The molecular formula is C24H28N2O. The highest BCUT2D eigenvalue weighted by molar-refractivity contribution is 6.09. The first kappa shape index (κ1) is 19.1. The van der Waals surface area contributed by atoms with Crippen LogP contribution in [0.3, 0.4) is 0 Å². The molecule has 0 atom stereocenters. The molecule has 0 aliphatic rings. The van der Waals surface area contributed by atoms with Gasteiger partial charge in [-0.2, -0.15) is 0 Å². The van der Waals surface area contributed by atoms with Crippen LogP contribution >= 0.6 is 0 Å². The van der Waals surface area contributed by atoms with Gasteiger partial charge < -0.3 is 4.90 Å². The summed E-state index contributed by atoms with van der Waals surface area (Å²) < 4.78 is 0. The summed E-state index contributed by atoms with van der Waals surface area (Å²) in [6.07, 6.45) is 0. The van der Waals surface area contributed by atoms with E-state index in [1.807, 2.05) is 36.1 Å². The second-order valence-electron chi connectivity index (χ2n) is 7.74. The largest absolute Gasteiger partial charge is 0.334 e. The van der Waals surface area contributed by atoms with Crippen LogP contribution < -0.4 is 0 Å². The Hall–Kier alpha value is -2.68. The molecule has 1 amide bonds. The summed E-state index contributed by atoms with van der Waals surface area (Å²) in [6.45, 7) is 12.4. The fourth-order valence-electron chi connectivity index (χ4n) is 3.77. The van der Waals surface area contributed by atoms with Gasteiger partial charge in [-0.1, -0.05) is 48.0 Å². The first-order valence-corrected chi connectivity index (χ1v) is 9.60. The molecule has 0 unspecified atom stereocenters. The van der Waals surface area contributed by atoms with Crippen LogP contribution in [0.5, 0.6) is 0 Å². The Kier molecular flexibility index (Phi) is 5.31. The predicted molar refractivity (Wildman–Crippen MR) is 113 cm³/mol. The van der Waals surface area contributed by atoms with Gasteiger partial charge in [0.15, 0.2) is 0 Å². The molecule has 3 rings (SSSR count). The van der Waals surface area contributed by atoms with E-state index in [0.717, 1.165) is 33.3 Å². The van der Waals surface area contributed by atoms with Gasteiger partial charge in [-0.05, 0) is 53.2 Å². The number of para-hydroxylation sites is 1. The van der Waals surface area contributed by atoms with Crippen molar-refractivity contribution in [3.63, 3.8) is 0 Å². The Morgan fingerprint density at radius 1 is 0.889 bits per heavy atom. The Balaban J connectivity index is 2.29. The quantitative estimate of drug-likeness (QED) is 0.591. The summed E-state index contributed by atoms with van der Waals surface area (Å²) in [5.74, 6) is 0.0736. The van der Waals surface area contributed by atoms with Gasteiger partial charge in [-0.25, -0.2) is 4.98 Å². The number of amides is 1. The van der Waals surface area contributed by atoms with Crippen LogP contribution in [0.4, 0.5) is 0 Å². The van der Waals surface area contributed by atoms with Gasteiger partial charge in [-0.3, -0.25) is 4.79 Å². The number of rotatable bonds is 4. The predicted octanol–water partition coefficient (Wildman–Crippen LogP) is 5.78. The number of pyridine rings is 1. The maximum atomic E-state index is 13.6. The maximum Gasteiger partial charge on any atom is 0.255 e. The molecule has 0 aliphatic carbocycles. The second-order valence-corrected chi connectivity index (χ2v) is 7.74. The summed E-state index contributed by atoms with van der Waals surface area (Å²) in [5, 5.41) is 0.919. The summed E-state index contributed by atoms with van der Waals surface area (Å²) in [7, 11) is 0. The number of nitrogens with zero attached hydrogens (tertiary/aromatic N) is 2. The average Bonchev–Trinajstić information content (AvgIpc) is 2.61. The van der Waals surface area contributed by atoms with Crippen molar-refractivity contribution in [1.82, 2.24) is 9.88 Å². The standard InChI is InChI=1S/C24H28N2O/c1-15(2)26(16(3)4)24(27)22-18(6)23(19-13-11-17(5)12-14-19)25-21-10-8-7-9-20(21)22/h7-16H,1-6H3. The van der Waals surface area contributed by atoms with E-state index in [1.54, 1.807) is 0 Å². The molecule has 27 heavy (non-hydrogen) atoms. The number of hydrogen-bond donors (Lipinski definition) is 0. The molecule has 3 heteroatoms. The van der Waals surface area contributed by atoms with Gasteiger partial charge in [-0.15, -0.1) is 0 Å². The number of fused-ring (bicyclic) bond motifs is 1. The Morgan fingerprint density at radius 2 is 1.48 bits per heavy atom. The van der Waals surface area contributed by atoms with E-state index in [0.29, 0.717) is 0 Å². The van der Waals surface area contributed by atoms with Gasteiger partial charge in [0.05, 0.1) is 16.8 Å². The molecular weight excluding hydrogens is 332 g/mol. The smallest absolute Gasteiger partial charge is 0.255 e. The number of aromatic nitrogens is 1. The van der Waals surface area contributed by atoms with Crippen LogP contribution in [0.2, 0.25) is 0 Å². The van der Waals surface area contributed by atoms with Gasteiger partial charge in [0.25, 0.3) is 5.91 Å². The van der Waals surface area contributed by atoms with Crippen LogP contribution in [-0.2, 0) is 0 Å². The molecule has 0 spiro atoms. The molecule has 2 aromatic carbocycles. The highest BCUT2D eigenvalue weighted by Gasteiger charge is 2.26. The van der Waals surface area contributed by atoms with Gasteiger partial charge >= 0.3 is 0 Å². The lowest BCUT2D eigenvalue weighted by atomic mass is 9.95. The zero-order valence-electron chi connectivity index (χ0n) is 17.1. The first-order valence-electron chi connectivity index (χ1n) is 9.60. The molecule has 1 heterocycles. The Labute approximate surface area is 162 Å². The number of benzene rings is 2. The van der Waals surface area contributed by atoms with E-state index >= 15 is 0 Å². The van der Waals surface area contributed by atoms with E-state index in [1.165, 1.54) is 5.56 Å². The van der Waals surface area contributed by atoms with Crippen molar-refractivity contribution in [2.45, 2.75) is 53.6 Å². The van der Waals surface area contributed by atoms with Crippen LogP contribution in [0.25, 0.3) is 22.2 Å². The lowest BCUT2D eigenvalue weighted by molar-refractivity contribution is 0.0645. The monoisotopic (exact) mass is 360 g/mol. The molecule has 0 saturated carbocycles. The van der Waals surface area contributed by atoms with Gasteiger partial charge in [0.1, 0.15) is 0 Å². The van der Waals surface area contributed by atoms with Crippen LogP contribution in [0.1, 0.15) is 49.2 Å². The highest BCUT2D eigenvalue weighted by atomic mass is 16.2. The Bertz CT molecular complexity index is 964. The van der Waals surface area contributed by atoms with E-state index in [9.17, 15) is 4.79 Å². The molecule has 0 fully saturated rings. The van der Waals surface area contributed by atoms with E-state index < -0.39 is 0 Å². The third-order valence-electron chi connectivity index (χ3n) is 5.02. The molecule has 0 bridgehead atoms. The summed E-state index contributed by atoms with van der Waals surface area (Å²) >= 11 is 0. The molecule has 0 radical (unpaired) electrons. The van der Waals surface area contributed by atoms with Crippen molar-refractivity contribution in [2.75, 3.05) is 0 Å². The number of aryl methyl sites for hydroxylation is 1. The summed E-state index contributed by atoms with van der Waals surface area (Å²) in [5.41, 5.74) is 5.68. The van der Waals surface area contributed by atoms with Crippen molar-refractivity contribution in [2.24, 2.45) is 0 Å². The molecule has 0 aliphatic heterocycles. The Morgan fingerprint density at radius 3 is 2.07 bits per heavy atom. The van der Waals surface area contributed by atoms with Crippen molar-refractivity contribution < 1.29 is 4.79 Å². The lowest BCUT2D eigenvalue weighted by Gasteiger charge is -2.32. The molecule has 1 aromatic heterocycles. The average molecular weight is 361 g/mol. The third kappa shape index (κ3) is 3.59. The number of carbonyl (C=O) groups excluding carboxylic acids is 1. The van der Waals surface area contributed by atoms with E-state index in [2.05, 4.69) is 58.9 Å². The van der Waals surface area contributed by atoms with Gasteiger partial charge in [0.2, 0.25) is 0 Å². The topological polar surface area (TPSA) is 33.2 Å². The van der Waals surface area contributed by atoms with Gasteiger partial charge in [0, 0.05) is 23.0 Å². The fourth-order valence-corrected chi connectivity index (χ4v) is 3.77. The summed E-state index contributed by atoms with van der Waals surface area (Å²) in [6, 6.07) is 16.5. The number of carbonyl (C=O) groups is 1. The van der Waals surface area contributed by atoms with Crippen molar-refractivity contribution in [1.29, 1.82) is 0 Å². The maximum absolute atomic E-state index is 13.6. The molecule has 3 aromatic rings. The van der Waals surface area contributed by atoms with Crippen LogP contribution in [0, 0.1) is 13.8 Å². The zero-order valence-corrected chi connectivity index (χ0v) is 17.1. The molecule has 140 valence electrons. The minimum Gasteiger partial charge on any atom is -0.334 e. The minimum absolute atomic E-state index is 0.0736. The van der Waals surface area contributed by atoms with Crippen molar-refractivity contribution >= 4 is 16.8 Å². The van der Waals surface area contributed by atoms with Crippen LogP contribution in [0.15, 0.2) is 48.5 Å². The van der Waals surface area contributed by atoms with Crippen molar-refractivity contribution in [3.8, 4) is 11.3 Å². The fraction of sp³-hybridized carbons (Fsp3) is 0.333. The molecule has 3 nitrogen and oxygen atoms in total. The lowest BCUT2D eigenvalue weighted by Crippen LogP contribution is -2.42. The van der Waals surface area contributed by atoms with E-state index in [4.69, 9.17) is 4.98 Å². The SMILES string of the molecule is Cc1ccc(-c2nc3ccccc3c(C(=O)N(C(C)C)C(C)C)c2C)cc1. The third-order valence-corrected chi connectivity index (χ3v) is 5.02. The minimum atomic E-state index is 0.0736. The van der Waals surface area contributed by atoms with E-state index in [-0.39, 0.29) is 18.0 Å². The summed E-state index contributed by atoms with van der Waals surface area (Å²) in [4.78, 5) is 20.4. The van der Waals surface area contributed by atoms with Crippen molar-refractivity contribution in [3.05, 3.63) is 65.2 Å². The highest BCUT2D eigenvalue weighted by Crippen LogP contribution is 2.31. The number of hydrogen-bond acceptors (Lipinski definition) is 2. The molecule has 0 saturated heterocycles. The second kappa shape index (κ2) is 7.51.